The van der Waals surface area contributed by atoms with Gasteiger partial charge in [0.25, 0.3) is 0 Å². The molecule has 16 heavy (non-hydrogen) atoms. The van der Waals surface area contributed by atoms with Crippen molar-refractivity contribution < 1.29 is 9.90 Å². The Balaban J connectivity index is 2.46. The van der Waals surface area contributed by atoms with Crippen LogP contribution in [0.4, 0.5) is 0 Å². The minimum absolute atomic E-state index is 0.188. The highest BCUT2D eigenvalue weighted by Gasteiger charge is 2.09. The summed E-state index contributed by atoms with van der Waals surface area (Å²) < 4.78 is 0. The van der Waals surface area contributed by atoms with Crippen molar-refractivity contribution >= 4 is 27.8 Å². The summed E-state index contributed by atoms with van der Waals surface area (Å²) >= 11 is 0. The van der Waals surface area contributed by atoms with Crippen LogP contribution in [0.5, 0.6) is 0 Å². The van der Waals surface area contributed by atoms with Gasteiger partial charge in [0, 0.05) is 17.0 Å². The van der Waals surface area contributed by atoms with Gasteiger partial charge in [-0.3, -0.25) is 4.98 Å². The highest BCUT2D eigenvalue weighted by molar-refractivity contribution is 6.06. The van der Waals surface area contributed by atoms with Crippen LogP contribution in [0.2, 0.25) is 0 Å². The highest BCUT2D eigenvalue weighted by atomic mass is 16.4. The van der Waals surface area contributed by atoms with Crippen LogP contribution in [0, 0.1) is 0 Å². The molecule has 2 aromatic heterocycles. The SMILES string of the molecule is O=C(O)c1cc2cnc3ccccc3c2[nH]1. The number of H-pyrrole nitrogens is 1. The van der Waals surface area contributed by atoms with Crippen LogP contribution in [-0.4, -0.2) is 21.0 Å². The first-order valence-corrected chi connectivity index (χ1v) is 4.85. The van der Waals surface area contributed by atoms with E-state index in [4.69, 9.17) is 5.11 Å². The number of nitrogens with zero attached hydrogens (tertiary/aromatic N) is 1. The van der Waals surface area contributed by atoms with Gasteiger partial charge < -0.3 is 10.1 Å². The van der Waals surface area contributed by atoms with Gasteiger partial charge in [0.05, 0.1) is 11.0 Å². The van der Waals surface area contributed by atoms with E-state index in [0.29, 0.717) is 0 Å². The Morgan fingerprint density at radius 2 is 2.12 bits per heavy atom. The molecule has 0 unspecified atom stereocenters. The maximum atomic E-state index is 10.9. The summed E-state index contributed by atoms with van der Waals surface area (Å²) in [6, 6.07) is 9.23. The number of aromatic amines is 1. The number of benzene rings is 1. The van der Waals surface area contributed by atoms with E-state index in [2.05, 4.69) is 9.97 Å². The molecule has 4 nitrogen and oxygen atoms in total. The number of hydrogen-bond acceptors (Lipinski definition) is 2. The van der Waals surface area contributed by atoms with Crippen molar-refractivity contribution in [2.45, 2.75) is 0 Å². The third kappa shape index (κ3) is 1.16. The molecule has 0 amide bonds. The number of nitrogens with one attached hydrogen (secondary N) is 1. The largest absolute Gasteiger partial charge is 0.477 e. The number of pyridine rings is 1. The summed E-state index contributed by atoms with van der Waals surface area (Å²) in [5, 5.41) is 10.7. The molecule has 0 fully saturated rings. The maximum absolute atomic E-state index is 10.9. The smallest absolute Gasteiger partial charge is 0.352 e. The van der Waals surface area contributed by atoms with Crippen LogP contribution in [0.1, 0.15) is 10.5 Å². The van der Waals surface area contributed by atoms with Crippen molar-refractivity contribution in [2.75, 3.05) is 0 Å². The van der Waals surface area contributed by atoms with Crippen molar-refractivity contribution in [3.05, 3.63) is 42.2 Å². The maximum Gasteiger partial charge on any atom is 0.352 e. The fourth-order valence-corrected chi connectivity index (χ4v) is 1.85. The van der Waals surface area contributed by atoms with Crippen molar-refractivity contribution in [3.63, 3.8) is 0 Å². The van der Waals surface area contributed by atoms with Gasteiger partial charge >= 0.3 is 5.97 Å². The third-order valence-corrected chi connectivity index (χ3v) is 2.59. The first-order valence-electron chi connectivity index (χ1n) is 4.85. The second kappa shape index (κ2) is 3.06. The second-order valence-electron chi connectivity index (χ2n) is 3.59. The van der Waals surface area contributed by atoms with Crippen LogP contribution in [0.25, 0.3) is 21.8 Å². The van der Waals surface area contributed by atoms with E-state index >= 15 is 0 Å². The molecule has 0 aliphatic heterocycles. The summed E-state index contributed by atoms with van der Waals surface area (Å²) in [5.74, 6) is -0.958. The summed E-state index contributed by atoms with van der Waals surface area (Å²) in [5.41, 5.74) is 1.87. The number of para-hydroxylation sites is 1. The van der Waals surface area contributed by atoms with Crippen molar-refractivity contribution in [1.29, 1.82) is 0 Å². The van der Waals surface area contributed by atoms with E-state index in [-0.39, 0.29) is 5.69 Å². The van der Waals surface area contributed by atoms with Crippen LogP contribution >= 0.6 is 0 Å². The lowest BCUT2D eigenvalue weighted by Gasteiger charge is -1.97. The Hall–Kier alpha value is -2.36. The molecule has 2 heterocycles. The molecule has 0 aliphatic carbocycles. The van der Waals surface area contributed by atoms with Crippen molar-refractivity contribution in [2.24, 2.45) is 0 Å². The van der Waals surface area contributed by atoms with E-state index in [9.17, 15) is 4.79 Å². The number of fused-ring (bicyclic) bond motifs is 3. The molecule has 1 aromatic carbocycles. The van der Waals surface area contributed by atoms with Gasteiger partial charge in [0.1, 0.15) is 5.69 Å². The Labute approximate surface area is 90.5 Å². The molecule has 0 spiro atoms. The molecule has 0 radical (unpaired) electrons. The molecule has 3 rings (SSSR count). The van der Waals surface area contributed by atoms with E-state index in [0.717, 1.165) is 21.8 Å². The van der Waals surface area contributed by atoms with E-state index in [1.807, 2.05) is 24.3 Å². The zero-order chi connectivity index (χ0) is 11.1. The molecule has 2 N–H and O–H groups in total. The van der Waals surface area contributed by atoms with Crippen molar-refractivity contribution in [3.8, 4) is 0 Å². The molecule has 0 atom stereocenters. The summed E-state index contributed by atoms with van der Waals surface area (Å²) in [6.07, 6.45) is 1.68. The van der Waals surface area contributed by atoms with Crippen molar-refractivity contribution in [1.82, 2.24) is 9.97 Å². The van der Waals surface area contributed by atoms with Gasteiger partial charge in [-0.05, 0) is 12.1 Å². The van der Waals surface area contributed by atoms with Crippen LogP contribution in [0.15, 0.2) is 36.5 Å². The molecule has 0 saturated carbocycles. The average molecular weight is 212 g/mol. The van der Waals surface area contributed by atoms with Crippen LogP contribution in [-0.2, 0) is 0 Å². The van der Waals surface area contributed by atoms with E-state index in [1.54, 1.807) is 12.3 Å². The van der Waals surface area contributed by atoms with Gasteiger partial charge in [-0.25, -0.2) is 4.79 Å². The average Bonchev–Trinajstić information content (AvgIpc) is 2.73. The van der Waals surface area contributed by atoms with E-state index in [1.165, 1.54) is 0 Å². The number of carboxylic acids is 1. The molecule has 3 aromatic rings. The molecular weight excluding hydrogens is 204 g/mol. The first-order chi connectivity index (χ1) is 7.75. The number of hydrogen-bond donors (Lipinski definition) is 2. The van der Waals surface area contributed by atoms with E-state index < -0.39 is 5.97 Å². The van der Waals surface area contributed by atoms with Gasteiger partial charge in [-0.1, -0.05) is 18.2 Å². The predicted octanol–water partition coefficient (Wildman–Crippen LogP) is 2.41. The fraction of sp³-hybridized carbons (Fsp3) is 0. The lowest BCUT2D eigenvalue weighted by molar-refractivity contribution is 0.0691. The quantitative estimate of drug-likeness (QED) is 0.651. The zero-order valence-corrected chi connectivity index (χ0v) is 8.27. The number of rotatable bonds is 1. The summed E-state index contributed by atoms with van der Waals surface area (Å²) in [6.45, 7) is 0. The van der Waals surface area contributed by atoms with Crippen LogP contribution in [0.3, 0.4) is 0 Å². The Bertz CT molecular complexity index is 700. The first kappa shape index (κ1) is 8.91. The lowest BCUT2D eigenvalue weighted by atomic mass is 10.2. The topological polar surface area (TPSA) is 66.0 Å². The normalized spacial score (nSPS) is 11.0. The van der Waals surface area contributed by atoms with Gasteiger partial charge in [0.2, 0.25) is 0 Å². The number of aromatic nitrogens is 2. The zero-order valence-electron chi connectivity index (χ0n) is 8.27. The highest BCUT2D eigenvalue weighted by Crippen LogP contribution is 2.23. The summed E-state index contributed by atoms with van der Waals surface area (Å²) in [7, 11) is 0. The number of carbonyl (C=O) groups is 1. The standard InChI is InChI=1S/C12H8N2O2/c15-12(16)10-5-7-6-13-9-4-2-1-3-8(9)11(7)14-10/h1-6,14H,(H,15,16). The lowest BCUT2D eigenvalue weighted by Crippen LogP contribution is -1.94. The Morgan fingerprint density at radius 3 is 2.94 bits per heavy atom. The van der Waals surface area contributed by atoms with Gasteiger partial charge in [-0.15, -0.1) is 0 Å². The third-order valence-electron chi connectivity index (χ3n) is 2.59. The summed E-state index contributed by atoms with van der Waals surface area (Å²) in [4.78, 5) is 18.0. The predicted molar refractivity (Wildman–Crippen MR) is 60.6 cm³/mol. The Morgan fingerprint density at radius 1 is 1.31 bits per heavy atom. The molecule has 0 aliphatic rings. The number of aromatic carboxylic acids is 1. The van der Waals surface area contributed by atoms with Gasteiger partial charge in [-0.2, -0.15) is 0 Å². The molecule has 78 valence electrons. The van der Waals surface area contributed by atoms with Crippen LogP contribution < -0.4 is 0 Å². The Kier molecular flexibility index (Phi) is 1.71. The molecule has 0 saturated heterocycles. The minimum Gasteiger partial charge on any atom is -0.477 e. The monoisotopic (exact) mass is 212 g/mol. The minimum atomic E-state index is -0.958. The van der Waals surface area contributed by atoms with Gasteiger partial charge in [0.15, 0.2) is 0 Å². The fourth-order valence-electron chi connectivity index (χ4n) is 1.85. The molecule has 4 heteroatoms. The number of carboxylic acid groups (broad SMARTS) is 1. The molecule has 0 bridgehead atoms. The second-order valence-corrected chi connectivity index (χ2v) is 3.59. The molecular formula is C12H8N2O2.